The Morgan fingerprint density at radius 2 is 1.62 bits per heavy atom. The minimum Gasteiger partial charge on any atom is -0.657 e. The molecule has 1 heterocycles. The van der Waals surface area contributed by atoms with E-state index in [-0.39, 0.29) is 4.56 Å². The molecule has 1 aliphatic rings. The molecule has 3 heteroatoms. The van der Waals surface area contributed by atoms with E-state index in [2.05, 4.69) is 0 Å². The summed E-state index contributed by atoms with van der Waals surface area (Å²) in [5.74, 6) is 0. The van der Waals surface area contributed by atoms with Crippen LogP contribution in [0.4, 0.5) is 0 Å². The molecule has 0 bridgehead atoms. The fourth-order valence-electron chi connectivity index (χ4n) is 1.18. The zero-order valence-corrected chi connectivity index (χ0v) is 5.39. The van der Waals surface area contributed by atoms with Crippen LogP contribution in [0.5, 0.6) is 0 Å². The molecule has 0 aromatic heterocycles. The average molecular weight is 113 g/mol. The van der Waals surface area contributed by atoms with Gasteiger partial charge in [-0.2, -0.15) is 0 Å². The zero-order valence-electron chi connectivity index (χ0n) is 5.39. The maximum atomic E-state index is 11.1. The molecule has 0 N–H and O–H groups in total. The zero-order chi connectivity index (χ0) is 6.04. The molecule has 1 fully saturated rings. The highest BCUT2D eigenvalue weighted by Crippen LogP contribution is 2.12. The summed E-state index contributed by atoms with van der Waals surface area (Å²) < 4.78 is 0. The maximum Gasteiger partial charge on any atom is 0.372 e. The molecule has 0 spiro atoms. The fourth-order valence-corrected chi connectivity index (χ4v) is 1.18. The third-order valence-corrected chi connectivity index (χ3v) is 1.76. The SMILES string of the molecule is B[N+]1([O-])CCCCC1. The summed E-state index contributed by atoms with van der Waals surface area (Å²) in [6, 6.07) is 0. The summed E-state index contributed by atoms with van der Waals surface area (Å²) in [5.41, 5.74) is 0. The Labute approximate surface area is 51.1 Å². The van der Waals surface area contributed by atoms with Crippen molar-refractivity contribution in [1.29, 1.82) is 0 Å². The molecule has 0 aliphatic carbocycles. The van der Waals surface area contributed by atoms with E-state index in [0.717, 1.165) is 25.9 Å². The molecule has 1 rings (SSSR count). The van der Waals surface area contributed by atoms with Crippen molar-refractivity contribution < 1.29 is 4.56 Å². The molecule has 0 amide bonds. The van der Waals surface area contributed by atoms with E-state index in [1.54, 1.807) is 7.98 Å². The first-order valence-corrected chi connectivity index (χ1v) is 3.26. The highest BCUT2D eigenvalue weighted by Gasteiger charge is 2.12. The molecule has 8 heavy (non-hydrogen) atoms. The lowest BCUT2D eigenvalue weighted by Crippen LogP contribution is -2.43. The fraction of sp³-hybridized carbons (Fsp3) is 1.00. The van der Waals surface area contributed by atoms with Gasteiger partial charge in [-0.15, -0.1) is 0 Å². The van der Waals surface area contributed by atoms with Gasteiger partial charge in [0.05, 0.1) is 13.1 Å². The Bertz CT molecular complexity index is 76.5. The topological polar surface area (TPSA) is 23.1 Å². The van der Waals surface area contributed by atoms with Crippen LogP contribution in [0, 0.1) is 5.21 Å². The molecular weight excluding hydrogens is 101 g/mol. The van der Waals surface area contributed by atoms with Gasteiger partial charge in [-0.1, -0.05) is 0 Å². The predicted molar refractivity (Wildman–Crippen MR) is 35.8 cm³/mol. The normalized spacial score (nSPS) is 27.6. The van der Waals surface area contributed by atoms with Gasteiger partial charge in [0.1, 0.15) is 0 Å². The lowest BCUT2D eigenvalue weighted by molar-refractivity contribution is -0.769. The van der Waals surface area contributed by atoms with Crippen molar-refractivity contribution in [3.63, 3.8) is 0 Å². The van der Waals surface area contributed by atoms with Gasteiger partial charge in [0.2, 0.25) is 0 Å². The summed E-state index contributed by atoms with van der Waals surface area (Å²) in [5, 5.41) is 11.1. The highest BCUT2D eigenvalue weighted by atomic mass is 16.5. The predicted octanol–water partition coefficient (Wildman–Crippen LogP) is 0.0330. The van der Waals surface area contributed by atoms with Crippen molar-refractivity contribution in [2.24, 2.45) is 0 Å². The first-order chi connectivity index (χ1) is 3.71. The van der Waals surface area contributed by atoms with Crippen molar-refractivity contribution >= 4 is 7.98 Å². The van der Waals surface area contributed by atoms with Crippen LogP contribution in [0.1, 0.15) is 19.3 Å². The Morgan fingerprint density at radius 3 is 1.88 bits per heavy atom. The van der Waals surface area contributed by atoms with Crippen molar-refractivity contribution in [2.75, 3.05) is 13.1 Å². The van der Waals surface area contributed by atoms with Crippen molar-refractivity contribution in [3.05, 3.63) is 5.21 Å². The number of quaternary nitrogens is 1. The van der Waals surface area contributed by atoms with Gasteiger partial charge in [-0.3, -0.25) is 0 Å². The van der Waals surface area contributed by atoms with Crippen LogP contribution < -0.4 is 0 Å². The van der Waals surface area contributed by atoms with E-state index < -0.39 is 0 Å². The number of hydroxylamine groups is 2. The molecule has 0 aromatic carbocycles. The van der Waals surface area contributed by atoms with Crippen LogP contribution in [0.25, 0.3) is 0 Å². The van der Waals surface area contributed by atoms with E-state index in [1.165, 1.54) is 6.42 Å². The first kappa shape index (κ1) is 6.11. The number of nitrogens with zero attached hydrogens (tertiary/aromatic N) is 1. The Hall–Kier alpha value is -0.0151. The summed E-state index contributed by atoms with van der Waals surface area (Å²) in [6.45, 7) is 1.67. The van der Waals surface area contributed by atoms with Crippen LogP contribution >= 0.6 is 0 Å². The van der Waals surface area contributed by atoms with Crippen LogP contribution in [0.3, 0.4) is 0 Å². The molecule has 0 atom stereocenters. The van der Waals surface area contributed by atoms with Crippen molar-refractivity contribution in [2.45, 2.75) is 19.3 Å². The van der Waals surface area contributed by atoms with Gasteiger partial charge in [0.15, 0.2) is 0 Å². The summed E-state index contributed by atoms with van der Waals surface area (Å²) in [7, 11) is 1.76. The van der Waals surface area contributed by atoms with E-state index in [0.29, 0.717) is 0 Å². The van der Waals surface area contributed by atoms with Crippen LogP contribution in [0.15, 0.2) is 0 Å². The van der Waals surface area contributed by atoms with Crippen LogP contribution in [-0.2, 0) is 0 Å². The lowest BCUT2D eigenvalue weighted by Gasteiger charge is -2.43. The third kappa shape index (κ3) is 1.49. The van der Waals surface area contributed by atoms with Crippen molar-refractivity contribution in [1.82, 2.24) is 0 Å². The molecule has 2 nitrogen and oxygen atoms in total. The number of hydrogen-bond donors (Lipinski definition) is 0. The van der Waals surface area contributed by atoms with E-state index >= 15 is 0 Å². The smallest absolute Gasteiger partial charge is 0.372 e. The summed E-state index contributed by atoms with van der Waals surface area (Å²) in [4.78, 5) is 0. The second-order valence-electron chi connectivity index (χ2n) is 2.80. The third-order valence-electron chi connectivity index (χ3n) is 1.76. The monoisotopic (exact) mass is 113 g/mol. The molecule has 1 saturated heterocycles. The van der Waals surface area contributed by atoms with Gasteiger partial charge in [0, 0.05) is 0 Å². The number of hydrogen-bond acceptors (Lipinski definition) is 1. The van der Waals surface area contributed by atoms with Gasteiger partial charge < -0.3 is 9.76 Å². The molecule has 1 aliphatic heterocycles. The Balaban J connectivity index is 2.33. The molecule has 0 saturated carbocycles. The number of piperidine rings is 1. The highest BCUT2D eigenvalue weighted by molar-refractivity contribution is 5.97. The second kappa shape index (κ2) is 2.07. The Kier molecular flexibility index (Phi) is 1.58. The first-order valence-electron chi connectivity index (χ1n) is 3.26. The van der Waals surface area contributed by atoms with Gasteiger partial charge >= 0.3 is 7.98 Å². The standard InChI is InChI=1S/C5H12BNO/c6-7(8)4-2-1-3-5-7/h1-6H2. The quantitative estimate of drug-likeness (QED) is 0.321. The van der Waals surface area contributed by atoms with Gasteiger partial charge in [-0.25, -0.2) is 0 Å². The molecule has 0 aromatic rings. The summed E-state index contributed by atoms with van der Waals surface area (Å²) in [6.07, 6.45) is 3.51. The van der Waals surface area contributed by atoms with E-state index in [1.807, 2.05) is 0 Å². The lowest BCUT2D eigenvalue weighted by atomic mass is 10.1. The molecular formula is C5H12BNO. The largest absolute Gasteiger partial charge is 0.657 e. The van der Waals surface area contributed by atoms with E-state index in [4.69, 9.17) is 0 Å². The average Bonchev–Trinajstić information content (AvgIpc) is 1.65. The van der Waals surface area contributed by atoms with Crippen LogP contribution in [0.2, 0.25) is 0 Å². The summed E-state index contributed by atoms with van der Waals surface area (Å²) >= 11 is 0. The van der Waals surface area contributed by atoms with Crippen molar-refractivity contribution in [3.8, 4) is 0 Å². The van der Waals surface area contributed by atoms with Gasteiger partial charge in [0.25, 0.3) is 0 Å². The minimum absolute atomic E-state index is 0. The van der Waals surface area contributed by atoms with Crippen LogP contribution in [-0.4, -0.2) is 25.6 Å². The van der Waals surface area contributed by atoms with E-state index in [9.17, 15) is 5.21 Å². The van der Waals surface area contributed by atoms with Gasteiger partial charge in [-0.05, 0) is 19.3 Å². The minimum atomic E-state index is 0. The molecule has 0 radical (unpaired) electrons. The molecule has 46 valence electrons. The second-order valence-corrected chi connectivity index (χ2v) is 2.80. The number of rotatable bonds is 0. The Morgan fingerprint density at radius 1 is 1.12 bits per heavy atom. The maximum absolute atomic E-state index is 11.1. The molecule has 0 unspecified atom stereocenters.